The number of nitrogens with zero attached hydrogens (tertiary/aromatic N) is 2. The molecule has 3 heterocycles. The van der Waals surface area contributed by atoms with E-state index < -0.39 is 6.10 Å². The van der Waals surface area contributed by atoms with Gasteiger partial charge in [0.05, 0.1) is 31.3 Å². The zero-order chi connectivity index (χ0) is 18.8. The molecule has 1 amide bonds. The quantitative estimate of drug-likeness (QED) is 0.629. The van der Waals surface area contributed by atoms with Gasteiger partial charge in [0, 0.05) is 38.4 Å². The van der Waals surface area contributed by atoms with Crippen molar-refractivity contribution in [3.8, 4) is 0 Å². The van der Waals surface area contributed by atoms with E-state index in [4.69, 9.17) is 9.47 Å². The van der Waals surface area contributed by atoms with E-state index in [9.17, 15) is 9.90 Å². The Balaban J connectivity index is 1.19. The minimum absolute atomic E-state index is 0.0723. The van der Waals surface area contributed by atoms with Gasteiger partial charge >= 0.3 is 0 Å². The summed E-state index contributed by atoms with van der Waals surface area (Å²) in [6.45, 7) is 1.06. The molecule has 0 spiro atoms. The van der Waals surface area contributed by atoms with Crippen molar-refractivity contribution in [3.63, 3.8) is 0 Å². The summed E-state index contributed by atoms with van der Waals surface area (Å²) in [5.41, 5.74) is 0. The summed E-state index contributed by atoms with van der Waals surface area (Å²) in [5.74, 6) is 0.737. The van der Waals surface area contributed by atoms with E-state index in [1.165, 1.54) is 25.7 Å². The highest BCUT2D eigenvalue weighted by molar-refractivity contribution is 5.76. The first kappa shape index (κ1) is 18.9. The number of aliphatic hydroxyl groups is 1. The Bertz CT molecular complexity index is 645. The third-order valence-corrected chi connectivity index (χ3v) is 6.02. The molecule has 0 bridgehead atoms. The molecule has 5 atom stereocenters. The highest BCUT2D eigenvalue weighted by Crippen LogP contribution is 2.35. The van der Waals surface area contributed by atoms with Gasteiger partial charge in [-0.3, -0.25) is 4.79 Å². The Kier molecular flexibility index (Phi) is 5.77. The van der Waals surface area contributed by atoms with E-state index >= 15 is 0 Å². The molecule has 3 aliphatic rings. The molecule has 150 valence electrons. The van der Waals surface area contributed by atoms with Crippen LogP contribution in [-0.4, -0.2) is 63.7 Å². The van der Waals surface area contributed by atoms with Gasteiger partial charge in [0.1, 0.15) is 18.0 Å². The van der Waals surface area contributed by atoms with Gasteiger partial charge in [0.15, 0.2) is 0 Å². The molecule has 1 aromatic heterocycles. The van der Waals surface area contributed by atoms with Crippen LogP contribution in [0.2, 0.25) is 0 Å². The third-order valence-electron chi connectivity index (χ3n) is 6.02. The zero-order valence-corrected chi connectivity index (χ0v) is 15.8. The lowest BCUT2D eigenvalue weighted by Crippen LogP contribution is -2.41. The number of aryl methyl sites for hydroxylation is 1. The van der Waals surface area contributed by atoms with Crippen molar-refractivity contribution < 1.29 is 19.4 Å². The van der Waals surface area contributed by atoms with Crippen LogP contribution >= 0.6 is 0 Å². The first-order valence-corrected chi connectivity index (χ1v) is 10.1. The second kappa shape index (κ2) is 8.26. The van der Waals surface area contributed by atoms with Gasteiger partial charge < -0.3 is 29.8 Å². The second-order valence-corrected chi connectivity index (χ2v) is 7.99. The molecular formula is C19H30N4O4. The van der Waals surface area contributed by atoms with Crippen LogP contribution in [0, 0.1) is 0 Å². The van der Waals surface area contributed by atoms with Crippen molar-refractivity contribution >= 4 is 5.91 Å². The van der Waals surface area contributed by atoms with E-state index in [0.717, 1.165) is 5.82 Å². The molecule has 27 heavy (non-hydrogen) atoms. The largest absolute Gasteiger partial charge is 0.388 e. The van der Waals surface area contributed by atoms with Gasteiger partial charge in [-0.05, 0) is 12.8 Å². The number of carbonyl (C=O) groups excluding carboxylic acids is 1. The van der Waals surface area contributed by atoms with Crippen molar-refractivity contribution in [2.24, 2.45) is 7.05 Å². The minimum atomic E-state index is -0.635. The lowest BCUT2D eigenvalue weighted by Gasteiger charge is -2.21. The van der Waals surface area contributed by atoms with E-state index in [1.54, 1.807) is 6.20 Å². The van der Waals surface area contributed by atoms with Crippen molar-refractivity contribution in [2.45, 2.75) is 81.6 Å². The molecule has 1 aromatic rings. The molecule has 2 aliphatic heterocycles. The highest BCUT2D eigenvalue weighted by atomic mass is 16.6. The predicted octanol–water partition coefficient (Wildman–Crippen LogP) is 0.244. The number of imidazole rings is 1. The number of nitrogens with one attached hydrogen (secondary N) is 2. The summed E-state index contributed by atoms with van der Waals surface area (Å²) < 4.78 is 13.8. The monoisotopic (exact) mass is 378 g/mol. The fraction of sp³-hybridized carbons (Fsp3) is 0.789. The molecule has 8 nitrogen and oxygen atoms in total. The SMILES string of the molecule is Cn1ccnc1CNC(=O)CC1CC2OC(CNC3CCCC3)C(O)C2O1. The molecule has 1 aliphatic carbocycles. The Morgan fingerprint density at radius 2 is 2.19 bits per heavy atom. The van der Waals surface area contributed by atoms with Crippen LogP contribution in [0.5, 0.6) is 0 Å². The van der Waals surface area contributed by atoms with Gasteiger partial charge in [-0.25, -0.2) is 4.98 Å². The van der Waals surface area contributed by atoms with E-state index in [2.05, 4.69) is 15.6 Å². The van der Waals surface area contributed by atoms with Crippen LogP contribution < -0.4 is 10.6 Å². The van der Waals surface area contributed by atoms with Crippen LogP contribution in [0.3, 0.4) is 0 Å². The van der Waals surface area contributed by atoms with Crippen molar-refractivity contribution in [1.29, 1.82) is 0 Å². The summed E-state index contributed by atoms with van der Waals surface area (Å²) in [5, 5.41) is 16.9. The molecule has 2 saturated heterocycles. The molecule has 4 rings (SSSR count). The van der Waals surface area contributed by atoms with Gasteiger partial charge in [0.2, 0.25) is 5.91 Å². The maximum Gasteiger partial charge on any atom is 0.222 e. The van der Waals surface area contributed by atoms with Crippen molar-refractivity contribution in [3.05, 3.63) is 18.2 Å². The average molecular weight is 378 g/mol. The maximum absolute atomic E-state index is 12.2. The molecular weight excluding hydrogens is 348 g/mol. The molecule has 3 fully saturated rings. The van der Waals surface area contributed by atoms with Gasteiger partial charge in [0.25, 0.3) is 0 Å². The van der Waals surface area contributed by atoms with Crippen molar-refractivity contribution in [1.82, 2.24) is 20.2 Å². The molecule has 8 heteroatoms. The second-order valence-electron chi connectivity index (χ2n) is 7.99. The number of aliphatic hydroxyl groups excluding tert-OH is 1. The number of hydrogen-bond donors (Lipinski definition) is 3. The number of amides is 1. The Labute approximate surface area is 159 Å². The Hall–Kier alpha value is -1.48. The summed E-state index contributed by atoms with van der Waals surface area (Å²) in [7, 11) is 1.90. The van der Waals surface area contributed by atoms with Crippen LogP contribution in [0.1, 0.15) is 44.3 Å². The number of rotatable bonds is 7. The smallest absolute Gasteiger partial charge is 0.222 e. The number of hydrogen-bond acceptors (Lipinski definition) is 6. The van der Waals surface area contributed by atoms with Crippen LogP contribution in [-0.2, 0) is 27.9 Å². The topological polar surface area (TPSA) is 97.6 Å². The fourth-order valence-corrected chi connectivity index (χ4v) is 4.45. The summed E-state index contributed by atoms with van der Waals surface area (Å²) in [4.78, 5) is 16.4. The summed E-state index contributed by atoms with van der Waals surface area (Å²) in [6.07, 6.45) is 7.95. The van der Waals surface area contributed by atoms with E-state index in [-0.39, 0.29) is 36.7 Å². The van der Waals surface area contributed by atoms with E-state index in [1.807, 2.05) is 17.8 Å². The zero-order valence-electron chi connectivity index (χ0n) is 15.8. The molecule has 3 N–H and O–H groups in total. The third kappa shape index (κ3) is 4.34. The highest BCUT2D eigenvalue weighted by Gasteiger charge is 2.50. The van der Waals surface area contributed by atoms with Crippen molar-refractivity contribution in [2.75, 3.05) is 6.54 Å². The molecule has 1 saturated carbocycles. The van der Waals surface area contributed by atoms with Gasteiger partial charge in [-0.2, -0.15) is 0 Å². The number of ether oxygens (including phenoxy) is 2. The van der Waals surface area contributed by atoms with E-state index in [0.29, 0.717) is 25.6 Å². The standard InChI is InChI=1S/C19H30N4O4/c1-23-7-6-20-16(23)11-22-17(24)9-13-8-14-19(26-13)18(25)15(27-14)10-21-12-4-2-3-5-12/h6-7,12-15,18-19,21,25H,2-5,8-11H2,1H3,(H,22,24). The minimum Gasteiger partial charge on any atom is -0.388 e. The summed E-state index contributed by atoms with van der Waals surface area (Å²) >= 11 is 0. The predicted molar refractivity (Wildman–Crippen MR) is 97.9 cm³/mol. The maximum atomic E-state index is 12.2. The molecule has 0 aromatic carbocycles. The Morgan fingerprint density at radius 1 is 1.37 bits per heavy atom. The Morgan fingerprint density at radius 3 is 2.89 bits per heavy atom. The van der Waals surface area contributed by atoms with Gasteiger partial charge in [-0.1, -0.05) is 12.8 Å². The molecule has 0 radical (unpaired) electrons. The summed E-state index contributed by atoms with van der Waals surface area (Å²) in [6, 6.07) is 0.553. The van der Waals surface area contributed by atoms with Crippen LogP contribution in [0.4, 0.5) is 0 Å². The van der Waals surface area contributed by atoms with Crippen LogP contribution in [0.15, 0.2) is 12.4 Å². The number of aromatic nitrogens is 2. The lowest BCUT2D eigenvalue weighted by molar-refractivity contribution is -0.125. The average Bonchev–Trinajstić information content (AvgIpc) is 3.40. The van der Waals surface area contributed by atoms with Gasteiger partial charge in [-0.15, -0.1) is 0 Å². The normalized spacial score (nSPS) is 33.5. The first-order chi connectivity index (χ1) is 13.1. The number of carbonyl (C=O) groups is 1. The number of fused-ring (bicyclic) bond motifs is 1. The fourth-order valence-electron chi connectivity index (χ4n) is 4.45. The lowest BCUT2D eigenvalue weighted by atomic mass is 10.1. The van der Waals surface area contributed by atoms with Crippen LogP contribution in [0.25, 0.3) is 0 Å². The first-order valence-electron chi connectivity index (χ1n) is 10.1. The molecule has 5 unspecified atom stereocenters.